The van der Waals surface area contributed by atoms with Gasteiger partial charge in [-0.3, -0.25) is 0 Å². The molecule has 5 heteroatoms. The van der Waals surface area contributed by atoms with Crippen LogP contribution in [-0.2, 0) is 6.54 Å². The van der Waals surface area contributed by atoms with Crippen LogP contribution >= 0.6 is 15.9 Å². The molecule has 1 fully saturated rings. The molecule has 0 saturated carbocycles. The number of halogens is 1. The van der Waals surface area contributed by atoms with Crippen LogP contribution in [0.4, 0.5) is 0 Å². The Kier molecular flexibility index (Phi) is 3.89. The van der Waals surface area contributed by atoms with Crippen LogP contribution in [0.25, 0.3) is 0 Å². The van der Waals surface area contributed by atoms with Gasteiger partial charge in [-0.2, -0.15) is 0 Å². The molecule has 0 amide bonds. The van der Waals surface area contributed by atoms with Gasteiger partial charge in [0.15, 0.2) is 0 Å². The zero-order valence-electron chi connectivity index (χ0n) is 9.90. The summed E-state index contributed by atoms with van der Waals surface area (Å²) in [5.74, 6) is -0.314. The highest BCUT2D eigenvalue weighted by molar-refractivity contribution is 9.10. The second kappa shape index (κ2) is 5.23. The van der Waals surface area contributed by atoms with Gasteiger partial charge in [0.1, 0.15) is 5.69 Å². The van der Waals surface area contributed by atoms with Crippen molar-refractivity contribution in [1.29, 1.82) is 0 Å². The van der Waals surface area contributed by atoms with E-state index in [9.17, 15) is 4.79 Å². The van der Waals surface area contributed by atoms with Crippen molar-refractivity contribution in [3.8, 4) is 0 Å². The Labute approximate surface area is 109 Å². The van der Waals surface area contributed by atoms with E-state index in [0.717, 1.165) is 24.1 Å². The first kappa shape index (κ1) is 12.6. The maximum Gasteiger partial charge on any atom is 0.352 e. The largest absolute Gasteiger partial charge is 0.477 e. The van der Waals surface area contributed by atoms with Crippen molar-refractivity contribution < 1.29 is 9.90 Å². The molecule has 0 radical (unpaired) electrons. The number of hydrogen-bond donors (Lipinski definition) is 1. The molecule has 0 spiro atoms. The maximum atomic E-state index is 11.1. The number of aromatic carboxylic acids is 1. The molecule has 1 unspecified atom stereocenters. The number of likely N-dealkylation sites (tertiary alicyclic amines) is 1. The van der Waals surface area contributed by atoms with Gasteiger partial charge in [0.25, 0.3) is 0 Å². The molecule has 1 aromatic heterocycles. The van der Waals surface area contributed by atoms with Crippen LogP contribution in [0.5, 0.6) is 0 Å². The van der Waals surface area contributed by atoms with Crippen molar-refractivity contribution >= 4 is 21.9 Å². The number of rotatable bonds is 3. The number of piperidine rings is 1. The predicted octanol–water partition coefficient (Wildman–Crippen LogP) is 2.29. The molecule has 0 aliphatic carbocycles. The Morgan fingerprint density at radius 2 is 2.41 bits per heavy atom. The van der Waals surface area contributed by atoms with E-state index in [1.165, 1.54) is 12.8 Å². The van der Waals surface area contributed by atoms with Crippen molar-refractivity contribution in [3.63, 3.8) is 0 Å². The van der Waals surface area contributed by atoms with Gasteiger partial charge in [0.2, 0.25) is 0 Å². The monoisotopic (exact) mass is 300 g/mol. The van der Waals surface area contributed by atoms with Crippen molar-refractivity contribution in [1.82, 2.24) is 9.47 Å². The van der Waals surface area contributed by atoms with Crippen LogP contribution in [0.2, 0.25) is 0 Å². The van der Waals surface area contributed by atoms with Crippen LogP contribution in [0.1, 0.15) is 23.3 Å². The zero-order chi connectivity index (χ0) is 12.4. The van der Waals surface area contributed by atoms with Gasteiger partial charge in [-0.15, -0.1) is 0 Å². The lowest BCUT2D eigenvalue weighted by atomic mass is 9.98. The summed E-state index contributed by atoms with van der Waals surface area (Å²) in [6.07, 6.45) is 4.24. The first-order valence-electron chi connectivity index (χ1n) is 5.84. The van der Waals surface area contributed by atoms with E-state index in [2.05, 4.69) is 27.9 Å². The molecule has 2 rings (SSSR count). The highest BCUT2D eigenvalue weighted by atomic mass is 79.9. The van der Waals surface area contributed by atoms with Gasteiger partial charge >= 0.3 is 5.97 Å². The van der Waals surface area contributed by atoms with E-state index in [4.69, 9.17) is 5.11 Å². The Hall–Kier alpha value is -0.810. The van der Waals surface area contributed by atoms with E-state index >= 15 is 0 Å². The molecule has 1 atom stereocenters. The highest BCUT2D eigenvalue weighted by Crippen LogP contribution is 2.21. The summed E-state index contributed by atoms with van der Waals surface area (Å²) >= 11 is 3.33. The summed E-state index contributed by atoms with van der Waals surface area (Å²) in [6, 6.07) is 1.66. The first-order chi connectivity index (χ1) is 8.06. The van der Waals surface area contributed by atoms with Gasteiger partial charge < -0.3 is 14.6 Å². The molecule has 1 N–H and O–H groups in total. The Balaban J connectivity index is 2.09. The van der Waals surface area contributed by atoms with Crippen LogP contribution in [-0.4, -0.2) is 40.7 Å². The fraction of sp³-hybridized carbons (Fsp3) is 0.583. The van der Waals surface area contributed by atoms with Crippen LogP contribution < -0.4 is 0 Å². The van der Waals surface area contributed by atoms with Crippen LogP contribution in [0, 0.1) is 5.92 Å². The van der Waals surface area contributed by atoms with Gasteiger partial charge in [-0.1, -0.05) is 0 Å². The predicted molar refractivity (Wildman–Crippen MR) is 69.3 cm³/mol. The van der Waals surface area contributed by atoms with Gasteiger partial charge in [-0.25, -0.2) is 4.79 Å². The molecule has 17 heavy (non-hydrogen) atoms. The minimum atomic E-state index is -0.861. The Bertz CT molecular complexity index is 417. The molecular weight excluding hydrogens is 284 g/mol. The lowest BCUT2D eigenvalue weighted by Crippen LogP contribution is -2.34. The molecule has 94 valence electrons. The molecule has 1 aliphatic rings. The SMILES string of the molecule is CN1CCCC(Cn2cc(Br)cc2C(=O)O)C1. The average molecular weight is 301 g/mol. The molecule has 1 saturated heterocycles. The standard InChI is InChI=1S/C12H17BrN2O2/c1-14-4-2-3-9(6-14)7-15-8-10(13)5-11(15)12(16)17/h5,8-9H,2-4,6-7H2,1H3,(H,16,17). The van der Waals surface area contributed by atoms with Crippen molar-refractivity contribution in [2.45, 2.75) is 19.4 Å². The van der Waals surface area contributed by atoms with Crippen LogP contribution in [0.15, 0.2) is 16.7 Å². The third-order valence-corrected chi connectivity index (χ3v) is 3.69. The zero-order valence-corrected chi connectivity index (χ0v) is 11.5. The normalized spacial score (nSPS) is 21.6. The minimum absolute atomic E-state index is 0.366. The Morgan fingerprint density at radius 1 is 1.65 bits per heavy atom. The maximum absolute atomic E-state index is 11.1. The molecule has 1 aromatic rings. The quantitative estimate of drug-likeness (QED) is 0.931. The number of carboxylic acid groups (broad SMARTS) is 1. The summed E-state index contributed by atoms with van der Waals surface area (Å²) in [7, 11) is 2.12. The summed E-state index contributed by atoms with van der Waals surface area (Å²) in [6.45, 7) is 2.99. The summed E-state index contributed by atoms with van der Waals surface area (Å²) in [4.78, 5) is 13.4. The first-order valence-corrected chi connectivity index (χ1v) is 6.63. The van der Waals surface area contributed by atoms with E-state index in [0.29, 0.717) is 11.6 Å². The van der Waals surface area contributed by atoms with Crippen molar-refractivity contribution in [2.24, 2.45) is 5.92 Å². The number of carboxylic acids is 1. The van der Waals surface area contributed by atoms with Crippen molar-refractivity contribution in [3.05, 3.63) is 22.4 Å². The molecule has 4 nitrogen and oxygen atoms in total. The van der Waals surface area contributed by atoms with Crippen LogP contribution in [0.3, 0.4) is 0 Å². The minimum Gasteiger partial charge on any atom is -0.477 e. The molecule has 0 bridgehead atoms. The van der Waals surface area contributed by atoms with E-state index in [1.807, 2.05) is 10.8 Å². The molecular formula is C12H17BrN2O2. The number of hydrogen-bond acceptors (Lipinski definition) is 2. The van der Waals surface area contributed by atoms with Gasteiger partial charge in [0.05, 0.1) is 0 Å². The summed E-state index contributed by atoms with van der Waals surface area (Å²) in [5.41, 5.74) is 0.366. The third kappa shape index (κ3) is 3.10. The summed E-state index contributed by atoms with van der Waals surface area (Å²) in [5, 5.41) is 9.11. The smallest absolute Gasteiger partial charge is 0.352 e. The molecule has 0 aromatic carbocycles. The van der Waals surface area contributed by atoms with E-state index < -0.39 is 5.97 Å². The lowest BCUT2D eigenvalue weighted by molar-refractivity contribution is 0.0682. The van der Waals surface area contributed by atoms with Gasteiger partial charge in [0, 0.05) is 23.8 Å². The van der Waals surface area contributed by atoms with E-state index in [-0.39, 0.29) is 0 Å². The number of nitrogens with zero attached hydrogens (tertiary/aromatic N) is 2. The second-order valence-corrected chi connectivity index (χ2v) is 5.69. The fourth-order valence-electron chi connectivity index (χ4n) is 2.51. The molecule has 2 heterocycles. The summed E-state index contributed by atoms with van der Waals surface area (Å²) < 4.78 is 2.68. The fourth-order valence-corrected chi connectivity index (χ4v) is 2.97. The highest BCUT2D eigenvalue weighted by Gasteiger charge is 2.20. The lowest BCUT2D eigenvalue weighted by Gasteiger charge is -2.30. The second-order valence-electron chi connectivity index (χ2n) is 4.77. The number of carbonyl (C=O) groups is 1. The molecule has 1 aliphatic heterocycles. The van der Waals surface area contributed by atoms with E-state index in [1.54, 1.807) is 6.07 Å². The number of aromatic nitrogens is 1. The Morgan fingerprint density at radius 3 is 3.06 bits per heavy atom. The average Bonchev–Trinajstić information content (AvgIpc) is 2.59. The topological polar surface area (TPSA) is 45.5 Å². The third-order valence-electron chi connectivity index (χ3n) is 3.26. The van der Waals surface area contributed by atoms with Crippen molar-refractivity contribution in [2.75, 3.05) is 20.1 Å². The van der Waals surface area contributed by atoms with Gasteiger partial charge in [-0.05, 0) is 54.3 Å².